The first-order valence-electron chi connectivity index (χ1n) is 7.04. The van der Waals surface area contributed by atoms with Crippen molar-refractivity contribution in [2.24, 2.45) is 5.73 Å². The van der Waals surface area contributed by atoms with Gasteiger partial charge in [0.15, 0.2) is 11.2 Å². The first kappa shape index (κ1) is 14.5. The summed E-state index contributed by atoms with van der Waals surface area (Å²) < 4.78 is 4.63. The summed E-state index contributed by atoms with van der Waals surface area (Å²) in [7, 11) is 0. The topological polar surface area (TPSA) is 87.8 Å². The molecule has 2 rings (SSSR count). The third-order valence-electron chi connectivity index (χ3n) is 3.48. The summed E-state index contributed by atoms with van der Waals surface area (Å²) in [4.78, 5) is 29.1. The first-order valence-corrected chi connectivity index (χ1v) is 7.04. The lowest BCUT2D eigenvalue weighted by Crippen LogP contribution is -2.40. The van der Waals surface area contributed by atoms with Gasteiger partial charge in [-0.1, -0.05) is 0 Å². The minimum absolute atomic E-state index is 0.258. The van der Waals surface area contributed by atoms with Crippen LogP contribution in [0.1, 0.15) is 26.7 Å². The molecule has 0 amide bonds. The summed E-state index contributed by atoms with van der Waals surface area (Å²) >= 11 is 0. The van der Waals surface area contributed by atoms with E-state index in [0.29, 0.717) is 37.3 Å². The Kier molecular flexibility index (Phi) is 4.39. The number of fused-ring (bicyclic) bond motifs is 1. The van der Waals surface area contributed by atoms with Crippen LogP contribution in [0.4, 0.5) is 0 Å². The van der Waals surface area contributed by atoms with E-state index in [4.69, 9.17) is 5.73 Å². The number of rotatable bonds is 6. The highest BCUT2D eigenvalue weighted by Crippen LogP contribution is 2.06. The first-order chi connectivity index (χ1) is 9.65. The normalized spacial score (nSPS) is 11.3. The smallest absolute Gasteiger partial charge is 0.330 e. The van der Waals surface area contributed by atoms with Gasteiger partial charge in [0.05, 0.1) is 6.33 Å². The van der Waals surface area contributed by atoms with Gasteiger partial charge in [-0.25, -0.2) is 9.78 Å². The van der Waals surface area contributed by atoms with Crippen molar-refractivity contribution in [1.29, 1.82) is 0 Å². The quantitative estimate of drug-likeness (QED) is 0.762. The second-order valence-electron chi connectivity index (χ2n) is 4.68. The Hall–Kier alpha value is -1.89. The van der Waals surface area contributed by atoms with Crippen LogP contribution >= 0.6 is 0 Å². The monoisotopic (exact) mass is 279 g/mol. The number of unbranched alkanes of at least 4 members (excludes halogenated alkanes) is 1. The van der Waals surface area contributed by atoms with Crippen LogP contribution in [0.3, 0.4) is 0 Å². The van der Waals surface area contributed by atoms with Gasteiger partial charge in [-0.3, -0.25) is 13.9 Å². The molecule has 0 aliphatic rings. The lowest BCUT2D eigenvalue weighted by molar-refractivity contribution is 0.543. The van der Waals surface area contributed by atoms with Crippen LogP contribution in [0.25, 0.3) is 11.2 Å². The van der Waals surface area contributed by atoms with Crippen molar-refractivity contribution in [3.63, 3.8) is 0 Å². The van der Waals surface area contributed by atoms with E-state index in [1.165, 1.54) is 4.57 Å². The van der Waals surface area contributed by atoms with Crippen molar-refractivity contribution in [2.75, 3.05) is 6.54 Å². The van der Waals surface area contributed by atoms with Gasteiger partial charge in [-0.05, 0) is 33.2 Å². The number of imidazole rings is 1. The Labute approximate surface area is 116 Å². The molecule has 0 saturated carbocycles. The third-order valence-corrected chi connectivity index (χ3v) is 3.48. The Morgan fingerprint density at radius 2 is 1.90 bits per heavy atom. The molecular formula is C13H21N5O2. The van der Waals surface area contributed by atoms with Crippen LogP contribution in [0.2, 0.25) is 0 Å². The van der Waals surface area contributed by atoms with E-state index in [-0.39, 0.29) is 11.2 Å². The van der Waals surface area contributed by atoms with Gasteiger partial charge in [0.2, 0.25) is 0 Å². The zero-order chi connectivity index (χ0) is 14.7. The molecule has 0 spiro atoms. The van der Waals surface area contributed by atoms with Gasteiger partial charge in [0.25, 0.3) is 5.56 Å². The van der Waals surface area contributed by atoms with E-state index in [9.17, 15) is 9.59 Å². The Morgan fingerprint density at radius 3 is 2.50 bits per heavy atom. The molecule has 0 aromatic carbocycles. The maximum atomic E-state index is 12.5. The molecule has 0 fully saturated rings. The zero-order valence-electron chi connectivity index (χ0n) is 12.0. The molecule has 7 heteroatoms. The number of aromatic nitrogens is 4. The number of nitrogens with two attached hydrogens (primary N) is 1. The van der Waals surface area contributed by atoms with Crippen molar-refractivity contribution < 1.29 is 0 Å². The molecule has 0 radical (unpaired) electrons. The molecule has 110 valence electrons. The van der Waals surface area contributed by atoms with Crippen LogP contribution in [-0.2, 0) is 19.6 Å². The van der Waals surface area contributed by atoms with Crippen molar-refractivity contribution in [3.8, 4) is 0 Å². The maximum Gasteiger partial charge on any atom is 0.332 e. The van der Waals surface area contributed by atoms with Crippen molar-refractivity contribution >= 4 is 11.2 Å². The minimum Gasteiger partial charge on any atom is -0.330 e. The lowest BCUT2D eigenvalue weighted by atomic mass is 10.3. The van der Waals surface area contributed by atoms with E-state index >= 15 is 0 Å². The molecule has 0 aliphatic carbocycles. The van der Waals surface area contributed by atoms with Crippen molar-refractivity contribution in [2.45, 2.75) is 46.3 Å². The second kappa shape index (κ2) is 6.04. The zero-order valence-corrected chi connectivity index (χ0v) is 12.0. The van der Waals surface area contributed by atoms with Gasteiger partial charge in [-0.2, -0.15) is 0 Å². The van der Waals surface area contributed by atoms with Gasteiger partial charge in [-0.15, -0.1) is 0 Å². The summed E-state index contributed by atoms with van der Waals surface area (Å²) in [6.45, 7) is 5.93. The number of hydrogen-bond acceptors (Lipinski definition) is 4. The van der Waals surface area contributed by atoms with Crippen LogP contribution in [-0.4, -0.2) is 25.2 Å². The summed E-state index contributed by atoms with van der Waals surface area (Å²) in [6.07, 6.45) is 3.13. The van der Waals surface area contributed by atoms with Crippen molar-refractivity contribution in [3.05, 3.63) is 27.2 Å². The number of nitrogens with zero attached hydrogens (tertiary/aromatic N) is 4. The molecule has 2 aromatic rings. The second-order valence-corrected chi connectivity index (χ2v) is 4.68. The fourth-order valence-electron chi connectivity index (χ4n) is 2.37. The molecule has 2 heterocycles. The van der Waals surface area contributed by atoms with E-state index < -0.39 is 0 Å². The summed E-state index contributed by atoms with van der Waals surface area (Å²) in [5.41, 5.74) is 5.89. The summed E-state index contributed by atoms with van der Waals surface area (Å²) in [5, 5.41) is 0. The predicted octanol–water partition coefficient (Wildman–Crippen LogP) is 0.138. The van der Waals surface area contributed by atoms with Gasteiger partial charge in [0.1, 0.15) is 0 Å². The molecule has 0 saturated heterocycles. The lowest BCUT2D eigenvalue weighted by Gasteiger charge is -2.10. The van der Waals surface area contributed by atoms with Crippen LogP contribution in [0.5, 0.6) is 0 Å². The highest BCUT2D eigenvalue weighted by atomic mass is 16.2. The fourth-order valence-corrected chi connectivity index (χ4v) is 2.37. The van der Waals surface area contributed by atoms with Gasteiger partial charge >= 0.3 is 5.69 Å². The average Bonchev–Trinajstić information content (AvgIpc) is 2.87. The third kappa shape index (κ3) is 2.29. The van der Waals surface area contributed by atoms with Crippen molar-refractivity contribution in [1.82, 2.24) is 18.7 Å². The van der Waals surface area contributed by atoms with E-state index in [2.05, 4.69) is 4.98 Å². The molecule has 0 unspecified atom stereocenters. The largest absolute Gasteiger partial charge is 0.332 e. The molecule has 0 bridgehead atoms. The molecule has 20 heavy (non-hydrogen) atoms. The van der Waals surface area contributed by atoms with Gasteiger partial charge < -0.3 is 10.3 Å². The molecule has 2 aromatic heterocycles. The standard InChI is InChI=1S/C13H21N5O2/c1-3-16-9-15-11-10(16)12(19)18(8-6-5-7-14)13(20)17(11)4-2/h9H,3-8,14H2,1-2H3. The fraction of sp³-hybridized carbons (Fsp3) is 0.615. The minimum atomic E-state index is -0.289. The SMILES string of the molecule is CCn1cnc2c1c(=O)n(CCCCN)c(=O)n2CC. The molecule has 0 atom stereocenters. The molecule has 2 N–H and O–H groups in total. The Bertz CT molecular complexity index is 710. The summed E-state index contributed by atoms with van der Waals surface area (Å²) in [5.74, 6) is 0. The van der Waals surface area contributed by atoms with E-state index in [0.717, 1.165) is 12.8 Å². The Morgan fingerprint density at radius 1 is 1.15 bits per heavy atom. The van der Waals surface area contributed by atoms with E-state index in [1.807, 2.05) is 13.8 Å². The maximum absolute atomic E-state index is 12.5. The molecule has 7 nitrogen and oxygen atoms in total. The molecular weight excluding hydrogens is 258 g/mol. The number of hydrogen-bond donors (Lipinski definition) is 1. The van der Waals surface area contributed by atoms with E-state index in [1.54, 1.807) is 15.5 Å². The highest BCUT2D eigenvalue weighted by molar-refractivity contribution is 5.70. The van der Waals surface area contributed by atoms with Crippen LogP contribution < -0.4 is 17.0 Å². The summed E-state index contributed by atoms with van der Waals surface area (Å²) in [6, 6.07) is 0. The van der Waals surface area contributed by atoms with Crippen LogP contribution in [0, 0.1) is 0 Å². The van der Waals surface area contributed by atoms with Gasteiger partial charge in [0, 0.05) is 19.6 Å². The number of aryl methyl sites for hydroxylation is 2. The molecule has 0 aliphatic heterocycles. The average molecular weight is 279 g/mol. The predicted molar refractivity (Wildman–Crippen MR) is 77.9 cm³/mol. The van der Waals surface area contributed by atoms with Crippen LogP contribution in [0.15, 0.2) is 15.9 Å². The Balaban J connectivity index is 2.67. The highest BCUT2D eigenvalue weighted by Gasteiger charge is 2.16.